The fourth-order valence-electron chi connectivity index (χ4n) is 1.71. The maximum Gasteiger partial charge on any atom is 0.309 e. The van der Waals surface area contributed by atoms with Gasteiger partial charge >= 0.3 is 5.97 Å². The quantitative estimate of drug-likeness (QED) is 0.713. The second-order valence-electron chi connectivity index (χ2n) is 4.29. The molecule has 1 atom stereocenters. The second-order valence-corrected chi connectivity index (χ2v) is 4.29. The molecule has 2 nitrogen and oxygen atoms in total. The predicted octanol–water partition coefficient (Wildman–Crippen LogP) is 3.06. The molecule has 2 heteroatoms. The van der Waals surface area contributed by atoms with E-state index in [4.69, 9.17) is 4.74 Å². The predicted molar refractivity (Wildman–Crippen MR) is 65.1 cm³/mol. The van der Waals surface area contributed by atoms with Crippen molar-refractivity contribution in [3.63, 3.8) is 0 Å². The van der Waals surface area contributed by atoms with E-state index in [1.165, 1.54) is 5.56 Å². The van der Waals surface area contributed by atoms with Gasteiger partial charge in [-0.25, -0.2) is 0 Å². The summed E-state index contributed by atoms with van der Waals surface area (Å²) < 4.78 is 5.10. The van der Waals surface area contributed by atoms with E-state index in [2.05, 4.69) is 26.0 Å². The zero-order chi connectivity index (χ0) is 12.0. The minimum atomic E-state index is -0.0821. The normalized spacial score (nSPS) is 12.5. The van der Waals surface area contributed by atoms with Crippen LogP contribution in [0.1, 0.15) is 26.3 Å². The number of carbonyl (C=O) groups is 1. The van der Waals surface area contributed by atoms with Gasteiger partial charge in [0.25, 0.3) is 0 Å². The lowest BCUT2D eigenvalue weighted by molar-refractivity contribution is -0.149. The highest BCUT2D eigenvalue weighted by molar-refractivity contribution is 5.73. The number of hydrogen-bond acceptors (Lipinski definition) is 2. The second kappa shape index (κ2) is 6.31. The van der Waals surface area contributed by atoms with Crippen LogP contribution in [0.3, 0.4) is 0 Å². The van der Waals surface area contributed by atoms with Crippen LogP contribution in [0.4, 0.5) is 0 Å². The summed E-state index contributed by atoms with van der Waals surface area (Å²) in [6.45, 7) is 6.42. The maximum absolute atomic E-state index is 11.8. The Morgan fingerprint density at radius 2 is 1.88 bits per heavy atom. The standard InChI is InChI=1S/C14H20O2/c1-4-16-14(15)13(11(2)3)10-12-8-6-5-7-9-12/h5-9,11,13H,4,10H2,1-3H3. The summed E-state index contributed by atoms with van der Waals surface area (Å²) >= 11 is 0. The molecular formula is C14H20O2. The molecule has 0 aromatic heterocycles. The van der Waals surface area contributed by atoms with Crippen LogP contribution in [0.5, 0.6) is 0 Å². The average Bonchev–Trinajstić information content (AvgIpc) is 2.27. The fraction of sp³-hybridized carbons (Fsp3) is 0.500. The molecule has 16 heavy (non-hydrogen) atoms. The molecule has 1 unspecified atom stereocenters. The van der Waals surface area contributed by atoms with Crippen LogP contribution in [-0.2, 0) is 16.0 Å². The SMILES string of the molecule is CCOC(=O)C(Cc1ccccc1)C(C)C. The van der Waals surface area contributed by atoms with E-state index >= 15 is 0 Å². The highest BCUT2D eigenvalue weighted by Gasteiger charge is 2.23. The molecule has 0 saturated carbocycles. The summed E-state index contributed by atoms with van der Waals surface area (Å²) in [5.74, 6) is 0.183. The van der Waals surface area contributed by atoms with E-state index in [9.17, 15) is 4.79 Å². The molecule has 1 rings (SSSR count). The molecule has 0 heterocycles. The Bertz CT molecular complexity index is 317. The van der Waals surface area contributed by atoms with Gasteiger partial charge in [-0.3, -0.25) is 4.79 Å². The molecule has 88 valence electrons. The van der Waals surface area contributed by atoms with Crippen LogP contribution < -0.4 is 0 Å². The largest absolute Gasteiger partial charge is 0.466 e. The van der Waals surface area contributed by atoms with E-state index in [-0.39, 0.29) is 11.9 Å². The molecule has 0 amide bonds. The molecule has 0 saturated heterocycles. The number of ether oxygens (including phenoxy) is 1. The van der Waals surface area contributed by atoms with E-state index < -0.39 is 0 Å². The first-order valence-corrected chi connectivity index (χ1v) is 5.85. The smallest absolute Gasteiger partial charge is 0.309 e. The first-order chi connectivity index (χ1) is 7.65. The topological polar surface area (TPSA) is 26.3 Å². The Morgan fingerprint density at radius 3 is 2.38 bits per heavy atom. The molecule has 0 aliphatic rings. The highest BCUT2D eigenvalue weighted by atomic mass is 16.5. The van der Waals surface area contributed by atoms with E-state index in [0.29, 0.717) is 12.5 Å². The summed E-state index contributed by atoms with van der Waals surface area (Å²) in [4.78, 5) is 11.8. The number of esters is 1. The zero-order valence-electron chi connectivity index (χ0n) is 10.3. The first kappa shape index (κ1) is 12.8. The molecule has 0 radical (unpaired) electrons. The van der Waals surface area contributed by atoms with E-state index in [1.54, 1.807) is 0 Å². The lowest BCUT2D eigenvalue weighted by Crippen LogP contribution is -2.25. The van der Waals surface area contributed by atoms with Crippen molar-refractivity contribution in [1.82, 2.24) is 0 Å². The van der Waals surface area contributed by atoms with Gasteiger partial charge in [0.1, 0.15) is 0 Å². The minimum absolute atomic E-state index is 0.0395. The summed E-state index contributed by atoms with van der Waals surface area (Å²) in [6, 6.07) is 10.1. The van der Waals surface area contributed by atoms with Gasteiger partial charge in [0, 0.05) is 0 Å². The minimum Gasteiger partial charge on any atom is -0.466 e. The lowest BCUT2D eigenvalue weighted by Gasteiger charge is -2.18. The Hall–Kier alpha value is -1.31. The van der Waals surface area contributed by atoms with Crippen molar-refractivity contribution >= 4 is 5.97 Å². The van der Waals surface area contributed by atoms with Crippen LogP contribution in [0.25, 0.3) is 0 Å². The van der Waals surface area contributed by atoms with Crippen LogP contribution in [0.15, 0.2) is 30.3 Å². The lowest BCUT2D eigenvalue weighted by atomic mass is 9.89. The van der Waals surface area contributed by atoms with Crippen LogP contribution in [0.2, 0.25) is 0 Å². The third-order valence-corrected chi connectivity index (χ3v) is 2.69. The molecule has 0 spiro atoms. The van der Waals surface area contributed by atoms with E-state index in [1.807, 2.05) is 25.1 Å². The summed E-state index contributed by atoms with van der Waals surface area (Å²) in [7, 11) is 0. The van der Waals surface area contributed by atoms with Crippen molar-refractivity contribution in [2.45, 2.75) is 27.2 Å². The van der Waals surface area contributed by atoms with Gasteiger partial charge in [-0.15, -0.1) is 0 Å². The summed E-state index contributed by atoms with van der Waals surface area (Å²) in [5.41, 5.74) is 1.19. The molecule has 0 aliphatic carbocycles. The van der Waals surface area contributed by atoms with Crippen LogP contribution in [-0.4, -0.2) is 12.6 Å². The van der Waals surface area contributed by atoms with Crippen molar-refractivity contribution in [3.05, 3.63) is 35.9 Å². The third kappa shape index (κ3) is 3.69. The van der Waals surface area contributed by atoms with Crippen molar-refractivity contribution < 1.29 is 9.53 Å². The maximum atomic E-state index is 11.8. The Balaban J connectivity index is 2.69. The van der Waals surface area contributed by atoms with Crippen molar-refractivity contribution in [3.8, 4) is 0 Å². The monoisotopic (exact) mass is 220 g/mol. The van der Waals surface area contributed by atoms with Gasteiger partial charge < -0.3 is 4.74 Å². The van der Waals surface area contributed by atoms with Crippen molar-refractivity contribution in [1.29, 1.82) is 0 Å². The number of rotatable bonds is 5. The van der Waals surface area contributed by atoms with Crippen LogP contribution in [0, 0.1) is 11.8 Å². The summed E-state index contributed by atoms with van der Waals surface area (Å²) in [6.07, 6.45) is 0.761. The Kier molecular flexibility index (Phi) is 5.03. The molecule has 1 aromatic rings. The van der Waals surface area contributed by atoms with Gasteiger partial charge in [-0.05, 0) is 24.8 Å². The molecule has 1 aromatic carbocycles. The number of benzene rings is 1. The van der Waals surface area contributed by atoms with Crippen LogP contribution >= 0.6 is 0 Å². The molecule has 0 fully saturated rings. The first-order valence-electron chi connectivity index (χ1n) is 5.85. The Labute approximate surface area is 97.6 Å². The third-order valence-electron chi connectivity index (χ3n) is 2.69. The number of carbonyl (C=O) groups excluding carboxylic acids is 1. The van der Waals surface area contributed by atoms with Gasteiger partial charge in [-0.2, -0.15) is 0 Å². The van der Waals surface area contributed by atoms with Crippen molar-refractivity contribution in [2.24, 2.45) is 11.8 Å². The average molecular weight is 220 g/mol. The van der Waals surface area contributed by atoms with Gasteiger partial charge in [0.05, 0.1) is 12.5 Å². The van der Waals surface area contributed by atoms with Gasteiger partial charge in [0.15, 0.2) is 0 Å². The summed E-state index contributed by atoms with van der Waals surface area (Å²) in [5, 5.41) is 0. The van der Waals surface area contributed by atoms with E-state index in [0.717, 1.165) is 6.42 Å². The highest BCUT2D eigenvalue weighted by Crippen LogP contribution is 2.18. The van der Waals surface area contributed by atoms with Crippen molar-refractivity contribution in [2.75, 3.05) is 6.61 Å². The fourth-order valence-corrected chi connectivity index (χ4v) is 1.71. The molecule has 0 bridgehead atoms. The molecule has 0 aliphatic heterocycles. The zero-order valence-corrected chi connectivity index (χ0v) is 10.3. The number of hydrogen-bond donors (Lipinski definition) is 0. The van der Waals surface area contributed by atoms with Gasteiger partial charge in [-0.1, -0.05) is 44.2 Å². The molecular weight excluding hydrogens is 200 g/mol. The Morgan fingerprint density at radius 1 is 1.25 bits per heavy atom. The van der Waals surface area contributed by atoms with Gasteiger partial charge in [0.2, 0.25) is 0 Å². The molecule has 0 N–H and O–H groups in total.